The van der Waals surface area contributed by atoms with Gasteiger partial charge in [-0.05, 0) is 48.7 Å². The fraction of sp³-hybridized carbons (Fsp3) is 0.111. The van der Waals surface area contributed by atoms with Crippen LogP contribution in [0.25, 0.3) is 22.1 Å². The second-order valence-corrected chi connectivity index (χ2v) is 6.96. The van der Waals surface area contributed by atoms with Gasteiger partial charge in [-0.25, -0.2) is 9.38 Å². The molecule has 23 heavy (non-hydrogen) atoms. The van der Waals surface area contributed by atoms with Crippen LogP contribution in [-0.4, -0.2) is 9.38 Å². The lowest BCUT2D eigenvalue weighted by molar-refractivity contribution is 1.19. The summed E-state index contributed by atoms with van der Waals surface area (Å²) in [6, 6.07) is 11.5. The van der Waals surface area contributed by atoms with Gasteiger partial charge < -0.3 is 0 Å². The summed E-state index contributed by atoms with van der Waals surface area (Å²) in [5, 5.41) is 0.634. The van der Waals surface area contributed by atoms with Gasteiger partial charge >= 0.3 is 0 Å². The SMILES string of the molecule is Cc1ccc2c(nc3s/c(=C\c4ccccc4Cl)c(=O)n32)c1C. The smallest absolute Gasteiger partial charge is 0.267 e. The number of thiazole rings is 1. The van der Waals surface area contributed by atoms with E-state index in [2.05, 4.69) is 11.9 Å². The maximum atomic E-state index is 12.8. The zero-order valence-electron chi connectivity index (χ0n) is 12.6. The molecule has 3 nitrogen and oxygen atoms in total. The van der Waals surface area contributed by atoms with Crippen molar-refractivity contribution in [3.63, 3.8) is 0 Å². The molecule has 0 radical (unpaired) electrons. The van der Waals surface area contributed by atoms with Gasteiger partial charge in [0.1, 0.15) is 0 Å². The van der Waals surface area contributed by atoms with E-state index in [-0.39, 0.29) is 5.56 Å². The number of imidazole rings is 1. The zero-order valence-corrected chi connectivity index (χ0v) is 14.2. The summed E-state index contributed by atoms with van der Waals surface area (Å²) in [5.41, 5.74) is 4.86. The third-order valence-corrected chi connectivity index (χ3v) is 5.44. The molecule has 2 heterocycles. The van der Waals surface area contributed by atoms with Crippen LogP contribution in [0.3, 0.4) is 0 Å². The molecular formula is C18H13ClN2OS. The number of hydrogen-bond acceptors (Lipinski definition) is 3. The van der Waals surface area contributed by atoms with Crippen molar-refractivity contribution in [1.82, 2.24) is 9.38 Å². The van der Waals surface area contributed by atoms with Crippen LogP contribution in [0.5, 0.6) is 0 Å². The molecule has 0 spiro atoms. The van der Waals surface area contributed by atoms with Gasteiger partial charge in [0.15, 0.2) is 4.96 Å². The highest BCUT2D eigenvalue weighted by Gasteiger charge is 2.13. The standard InChI is InChI=1S/C18H13ClN2OS/c1-10-7-8-14-16(11(10)2)20-18-21(14)17(22)15(23-18)9-12-5-3-4-6-13(12)19/h3-9H,1-2H3/b15-9-. The molecule has 0 aliphatic rings. The molecule has 2 aromatic carbocycles. The molecule has 0 saturated heterocycles. The molecule has 2 aromatic heterocycles. The molecule has 0 aliphatic carbocycles. The number of aryl methyl sites for hydroxylation is 2. The Morgan fingerprint density at radius 1 is 1.17 bits per heavy atom. The first kappa shape index (κ1) is 14.4. The summed E-state index contributed by atoms with van der Waals surface area (Å²) in [5.74, 6) is 0. The Balaban J connectivity index is 2.05. The molecule has 0 saturated carbocycles. The van der Waals surface area contributed by atoms with Crippen LogP contribution in [0.1, 0.15) is 16.7 Å². The van der Waals surface area contributed by atoms with Gasteiger partial charge in [-0.15, -0.1) is 0 Å². The van der Waals surface area contributed by atoms with Gasteiger partial charge in [0.2, 0.25) is 0 Å². The van der Waals surface area contributed by atoms with E-state index in [1.54, 1.807) is 4.40 Å². The van der Waals surface area contributed by atoms with Crippen molar-refractivity contribution in [2.45, 2.75) is 13.8 Å². The first-order valence-corrected chi connectivity index (χ1v) is 8.43. The van der Waals surface area contributed by atoms with Gasteiger partial charge in [-0.1, -0.05) is 47.2 Å². The largest absolute Gasteiger partial charge is 0.274 e. The number of aromatic nitrogens is 2. The minimum Gasteiger partial charge on any atom is -0.267 e. The first-order chi connectivity index (χ1) is 11.1. The quantitative estimate of drug-likeness (QED) is 0.529. The monoisotopic (exact) mass is 340 g/mol. The van der Waals surface area contributed by atoms with Gasteiger partial charge in [0.05, 0.1) is 15.6 Å². The fourth-order valence-corrected chi connectivity index (χ4v) is 3.86. The third-order valence-electron chi connectivity index (χ3n) is 4.13. The lowest BCUT2D eigenvalue weighted by Crippen LogP contribution is -2.22. The molecule has 5 heteroatoms. The molecule has 0 bridgehead atoms. The topological polar surface area (TPSA) is 34.4 Å². The molecule has 0 fully saturated rings. The Hall–Kier alpha value is -2.17. The van der Waals surface area contributed by atoms with E-state index in [9.17, 15) is 4.79 Å². The third kappa shape index (κ3) is 2.18. The second-order valence-electron chi connectivity index (χ2n) is 5.54. The van der Waals surface area contributed by atoms with Crippen LogP contribution < -0.4 is 10.1 Å². The maximum Gasteiger partial charge on any atom is 0.274 e. The first-order valence-electron chi connectivity index (χ1n) is 7.23. The number of benzene rings is 2. The summed E-state index contributed by atoms with van der Waals surface area (Å²) in [4.78, 5) is 18.1. The van der Waals surface area contributed by atoms with Crippen molar-refractivity contribution >= 4 is 45.0 Å². The summed E-state index contributed by atoms with van der Waals surface area (Å²) in [7, 11) is 0. The van der Waals surface area contributed by atoms with Crippen molar-refractivity contribution in [3.8, 4) is 0 Å². The van der Waals surface area contributed by atoms with Crippen LogP contribution in [-0.2, 0) is 0 Å². The Bertz CT molecular complexity index is 1170. The molecular weight excluding hydrogens is 328 g/mol. The summed E-state index contributed by atoms with van der Waals surface area (Å²) >= 11 is 7.57. The van der Waals surface area contributed by atoms with Crippen LogP contribution >= 0.6 is 22.9 Å². The Morgan fingerprint density at radius 3 is 2.74 bits per heavy atom. The molecule has 0 unspecified atom stereocenters. The van der Waals surface area contributed by atoms with E-state index in [0.29, 0.717) is 9.55 Å². The average molecular weight is 341 g/mol. The Kier molecular flexibility index (Phi) is 3.25. The summed E-state index contributed by atoms with van der Waals surface area (Å²) in [6.07, 6.45) is 1.83. The van der Waals surface area contributed by atoms with Crippen LogP contribution in [0.15, 0.2) is 41.2 Å². The number of fused-ring (bicyclic) bond motifs is 3. The number of rotatable bonds is 1. The second kappa shape index (κ2) is 5.18. The Morgan fingerprint density at radius 2 is 1.96 bits per heavy atom. The molecule has 0 atom stereocenters. The van der Waals surface area contributed by atoms with Crippen LogP contribution in [0, 0.1) is 13.8 Å². The van der Waals surface area contributed by atoms with Gasteiger partial charge in [-0.3, -0.25) is 4.79 Å². The molecule has 4 aromatic rings. The highest BCUT2D eigenvalue weighted by atomic mass is 35.5. The van der Waals surface area contributed by atoms with E-state index >= 15 is 0 Å². The van der Waals surface area contributed by atoms with E-state index in [4.69, 9.17) is 11.6 Å². The molecule has 0 amide bonds. The summed E-state index contributed by atoms with van der Waals surface area (Å²) < 4.78 is 2.33. The zero-order chi connectivity index (χ0) is 16.1. The molecule has 114 valence electrons. The van der Waals surface area contributed by atoms with Crippen molar-refractivity contribution in [2.24, 2.45) is 0 Å². The minimum atomic E-state index is -0.0457. The van der Waals surface area contributed by atoms with Crippen molar-refractivity contribution in [1.29, 1.82) is 0 Å². The van der Waals surface area contributed by atoms with E-state index in [0.717, 1.165) is 27.1 Å². The molecule has 0 N–H and O–H groups in total. The normalized spacial score (nSPS) is 12.6. The number of halogens is 1. The molecule has 4 rings (SSSR count). The predicted octanol–water partition coefficient (Wildman–Crippen LogP) is 3.73. The van der Waals surface area contributed by atoms with E-state index in [1.165, 1.54) is 16.9 Å². The Labute approximate surface area is 141 Å². The highest BCUT2D eigenvalue weighted by Crippen LogP contribution is 2.22. The predicted molar refractivity (Wildman–Crippen MR) is 96.6 cm³/mol. The van der Waals surface area contributed by atoms with Crippen molar-refractivity contribution < 1.29 is 0 Å². The lowest BCUT2D eigenvalue weighted by atomic mass is 10.1. The van der Waals surface area contributed by atoms with Crippen LogP contribution in [0.4, 0.5) is 0 Å². The fourth-order valence-electron chi connectivity index (χ4n) is 2.70. The highest BCUT2D eigenvalue weighted by molar-refractivity contribution is 7.15. The van der Waals surface area contributed by atoms with Gasteiger partial charge in [0.25, 0.3) is 5.56 Å². The van der Waals surface area contributed by atoms with Crippen molar-refractivity contribution in [3.05, 3.63) is 73.0 Å². The number of nitrogens with zero attached hydrogens (tertiary/aromatic N) is 2. The number of hydrogen-bond donors (Lipinski definition) is 0. The summed E-state index contributed by atoms with van der Waals surface area (Å²) in [6.45, 7) is 4.09. The average Bonchev–Trinajstić information content (AvgIpc) is 3.04. The van der Waals surface area contributed by atoms with Gasteiger partial charge in [0, 0.05) is 5.02 Å². The van der Waals surface area contributed by atoms with Crippen LogP contribution in [0.2, 0.25) is 5.02 Å². The molecule has 0 aliphatic heterocycles. The van der Waals surface area contributed by atoms with E-state index < -0.39 is 0 Å². The van der Waals surface area contributed by atoms with Crippen molar-refractivity contribution in [2.75, 3.05) is 0 Å². The maximum absolute atomic E-state index is 12.8. The minimum absolute atomic E-state index is 0.0457. The van der Waals surface area contributed by atoms with Gasteiger partial charge in [-0.2, -0.15) is 0 Å². The lowest BCUT2D eigenvalue weighted by Gasteiger charge is -1.99. The van der Waals surface area contributed by atoms with E-state index in [1.807, 2.05) is 49.4 Å².